The Hall–Kier alpha value is -0.260. The minimum absolute atomic E-state index is 0.0632. The van der Waals surface area contributed by atoms with Gasteiger partial charge in [0.25, 0.3) is 0 Å². The van der Waals surface area contributed by atoms with Crippen molar-refractivity contribution in [3.8, 4) is 0 Å². The topological polar surface area (TPSA) is 47.6 Å². The maximum atomic E-state index is 11.0. The van der Waals surface area contributed by atoms with Crippen molar-refractivity contribution in [2.24, 2.45) is 0 Å². The molecule has 1 atom stereocenters. The average molecular weight is 261 g/mol. The highest BCUT2D eigenvalue weighted by atomic mass is 32.2. The summed E-state index contributed by atoms with van der Waals surface area (Å²) < 4.78 is 9.95. The molecular formula is C12H23NO3S. The van der Waals surface area contributed by atoms with Crippen LogP contribution in [-0.4, -0.2) is 49.9 Å². The minimum Gasteiger partial charge on any atom is -0.464 e. The first-order valence-corrected chi connectivity index (χ1v) is 7.43. The molecule has 0 amide bonds. The third-order valence-corrected chi connectivity index (χ3v) is 3.99. The van der Waals surface area contributed by atoms with Gasteiger partial charge in [0.1, 0.15) is 6.61 Å². The fourth-order valence-electron chi connectivity index (χ4n) is 1.73. The van der Waals surface area contributed by atoms with Crippen molar-refractivity contribution in [2.75, 3.05) is 38.7 Å². The zero-order valence-electron chi connectivity index (χ0n) is 10.6. The Balaban J connectivity index is 1.85. The lowest BCUT2D eigenvalue weighted by Crippen LogP contribution is -2.29. The summed E-state index contributed by atoms with van der Waals surface area (Å²) in [6.07, 6.45) is 4.05. The van der Waals surface area contributed by atoms with E-state index in [-0.39, 0.29) is 12.6 Å². The normalized spacial score (nSPS) is 20.2. The molecular weight excluding hydrogens is 238 g/mol. The summed E-state index contributed by atoms with van der Waals surface area (Å²) in [7, 11) is 0. The van der Waals surface area contributed by atoms with Crippen LogP contribution in [0, 0.1) is 0 Å². The molecule has 0 aromatic carbocycles. The summed E-state index contributed by atoms with van der Waals surface area (Å²) in [4.78, 5) is 11.0. The van der Waals surface area contributed by atoms with Crippen LogP contribution in [0.2, 0.25) is 0 Å². The Kier molecular flexibility index (Phi) is 8.48. The van der Waals surface area contributed by atoms with Crippen LogP contribution in [0.15, 0.2) is 0 Å². The number of nitrogens with one attached hydrogen (secondary N) is 1. The van der Waals surface area contributed by atoms with Gasteiger partial charge < -0.3 is 14.8 Å². The Labute approximate surface area is 108 Å². The zero-order valence-corrected chi connectivity index (χ0v) is 11.4. The van der Waals surface area contributed by atoms with Crippen LogP contribution in [-0.2, 0) is 14.3 Å². The summed E-state index contributed by atoms with van der Waals surface area (Å²) in [5.41, 5.74) is 0. The summed E-state index contributed by atoms with van der Waals surface area (Å²) in [6, 6.07) is 0. The molecule has 1 aliphatic rings. The highest BCUT2D eigenvalue weighted by Crippen LogP contribution is 2.23. The molecule has 1 rings (SSSR count). The van der Waals surface area contributed by atoms with Crippen LogP contribution in [0.5, 0.6) is 0 Å². The molecule has 5 heteroatoms. The number of hydrogen-bond acceptors (Lipinski definition) is 5. The van der Waals surface area contributed by atoms with E-state index in [1.807, 2.05) is 0 Å². The van der Waals surface area contributed by atoms with Gasteiger partial charge in [-0.1, -0.05) is 6.42 Å². The second-order valence-corrected chi connectivity index (χ2v) is 5.46. The van der Waals surface area contributed by atoms with Gasteiger partial charge in [0.2, 0.25) is 0 Å². The highest BCUT2D eigenvalue weighted by Gasteiger charge is 2.12. The minimum atomic E-state index is -0.282. The first-order chi connectivity index (χ1) is 8.33. The predicted octanol–water partition coefficient (Wildman–Crippen LogP) is 1.44. The molecule has 1 heterocycles. The molecule has 0 radical (unpaired) electrons. The van der Waals surface area contributed by atoms with Gasteiger partial charge in [0.05, 0.1) is 13.2 Å². The second kappa shape index (κ2) is 9.74. The van der Waals surface area contributed by atoms with Gasteiger partial charge in [-0.3, -0.25) is 0 Å². The van der Waals surface area contributed by atoms with Crippen LogP contribution in [0.25, 0.3) is 0 Å². The Morgan fingerprint density at radius 2 is 2.35 bits per heavy atom. The van der Waals surface area contributed by atoms with Crippen LogP contribution >= 0.6 is 11.8 Å². The van der Waals surface area contributed by atoms with E-state index in [0.717, 1.165) is 18.3 Å². The molecule has 0 saturated carbocycles. The van der Waals surface area contributed by atoms with E-state index in [4.69, 9.17) is 9.47 Å². The van der Waals surface area contributed by atoms with Crippen LogP contribution in [0.3, 0.4) is 0 Å². The van der Waals surface area contributed by atoms with Gasteiger partial charge in [-0.2, -0.15) is 11.8 Å². The van der Waals surface area contributed by atoms with Crippen molar-refractivity contribution in [3.63, 3.8) is 0 Å². The molecule has 0 spiro atoms. The quantitative estimate of drug-likeness (QED) is 0.529. The molecule has 1 fully saturated rings. The SMILES string of the molecule is CCOC(=O)COCCNCC1CCCCS1. The van der Waals surface area contributed by atoms with Crippen molar-refractivity contribution < 1.29 is 14.3 Å². The molecule has 1 saturated heterocycles. The van der Waals surface area contributed by atoms with Gasteiger partial charge in [0, 0.05) is 18.3 Å². The molecule has 1 aliphatic heterocycles. The number of rotatable bonds is 8. The molecule has 1 unspecified atom stereocenters. The smallest absolute Gasteiger partial charge is 0.332 e. The molecule has 0 bridgehead atoms. The van der Waals surface area contributed by atoms with Crippen molar-refractivity contribution in [1.29, 1.82) is 0 Å². The van der Waals surface area contributed by atoms with Gasteiger partial charge in [-0.15, -0.1) is 0 Å². The lowest BCUT2D eigenvalue weighted by Gasteiger charge is -2.21. The zero-order chi connectivity index (χ0) is 12.3. The first kappa shape index (κ1) is 14.8. The second-order valence-electron chi connectivity index (χ2n) is 4.05. The van der Waals surface area contributed by atoms with E-state index in [0.29, 0.717) is 13.2 Å². The van der Waals surface area contributed by atoms with Crippen molar-refractivity contribution in [1.82, 2.24) is 5.32 Å². The monoisotopic (exact) mass is 261 g/mol. The lowest BCUT2D eigenvalue weighted by atomic mass is 10.2. The molecule has 4 nitrogen and oxygen atoms in total. The number of thioether (sulfide) groups is 1. The fourth-order valence-corrected chi connectivity index (χ4v) is 3.01. The number of carbonyl (C=O) groups is 1. The van der Waals surface area contributed by atoms with Gasteiger partial charge in [-0.25, -0.2) is 4.79 Å². The van der Waals surface area contributed by atoms with Crippen molar-refractivity contribution in [3.05, 3.63) is 0 Å². The van der Waals surface area contributed by atoms with Crippen molar-refractivity contribution in [2.45, 2.75) is 31.4 Å². The molecule has 17 heavy (non-hydrogen) atoms. The van der Waals surface area contributed by atoms with Crippen LogP contribution in [0.4, 0.5) is 0 Å². The Morgan fingerprint density at radius 1 is 1.47 bits per heavy atom. The summed E-state index contributed by atoms with van der Waals surface area (Å²) >= 11 is 2.06. The molecule has 0 aromatic rings. The first-order valence-electron chi connectivity index (χ1n) is 6.38. The van der Waals surface area contributed by atoms with Crippen molar-refractivity contribution >= 4 is 17.7 Å². The standard InChI is InChI=1S/C12H23NO3S/c1-2-16-12(14)10-15-7-6-13-9-11-5-3-4-8-17-11/h11,13H,2-10H2,1H3. The maximum Gasteiger partial charge on any atom is 0.332 e. The lowest BCUT2D eigenvalue weighted by molar-refractivity contribution is -0.148. The predicted molar refractivity (Wildman–Crippen MR) is 70.4 cm³/mol. The Bertz CT molecular complexity index is 208. The third-order valence-electron chi connectivity index (χ3n) is 2.59. The number of ether oxygens (including phenoxy) is 2. The number of carbonyl (C=O) groups excluding carboxylic acids is 1. The van der Waals surface area contributed by atoms with Crippen LogP contribution < -0.4 is 5.32 Å². The average Bonchev–Trinajstić information content (AvgIpc) is 2.35. The van der Waals surface area contributed by atoms with E-state index >= 15 is 0 Å². The van der Waals surface area contributed by atoms with E-state index in [1.165, 1.54) is 25.0 Å². The number of esters is 1. The fraction of sp³-hybridized carbons (Fsp3) is 0.917. The van der Waals surface area contributed by atoms with Gasteiger partial charge in [0.15, 0.2) is 0 Å². The number of hydrogen-bond donors (Lipinski definition) is 1. The van der Waals surface area contributed by atoms with E-state index < -0.39 is 0 Å². The highest BCUT2D eigenvalue weighted by molar-refractivity contribution is 7.99. The molecule has 1 N–H and O–H groups in total. The Morgan fingerprint density at radius 3 is 3.06 bits per heavy atom. The van der Waals surface area contributed by atoms with E-state index in [2.05, 4.69) is 17.1 Å². The van der Waals surface area contributed by atoms with Gasteiger partial charge >= 0.3 is 5.97 Å². The molecule has 100 valence electrons. The van der Waals surface area contributed by atoms with Crippen LogP contribution in [0.1, 0.15) is 26.2 Å². The summed E-state index contributed by atoms with van der Waals surface area (Å²) in [5.74, 6) is 1.02. The molecule has 0 aliphatic carbocycles. The third kappa shape index (κ3) is 7.63. The van der Waals surface area contributed by atoms with E-state index in [1.54, 1.807) is 6.92 Å². The summed E-state index contributed by atoms with van der Waals surface area (Å²) in [6.45, 7) is 4.69. The van der Waals surface area contributed by atoms with E-state index in [9.17, 15) is 4.79 Å². The molecule has 0 aromatic heterocycles. The summed E-state index contributed by atoms with van der Waals surface area (Å²) in [5, 5.41) is 4.12. The van der Waals surface area contributed by atoms with Gasteiger partial charge in [-0.05, 0) is 25.5 Å². The largest absolute Gasteiger partial charge is 0.464 e. The maximum absolute atomic E-state index is 11.0.